The van der Waals surface area contributed by atoms with Crippen LogP contribution in [0.1, 0.15) is 4.88 Å². The van der Waals surface area contributed by atoms with E-state index in [4.69, 9.17) is 0 Å². The summed E-state index contributed by atoms with van der Waals surface area (Å²) < 4.78 is 13.1. The van der Waals surface area contributed by atoms with Crippen molar-refractivity contribution in [3.63, 3.8) is 0 Å². The molecule has 124 valence electrons. The fourth-order valence-corrected chi connectivity index (χ4v) is 3.16. The zero-order valence-electron chi connectivity index (χ0n) is 13.2. The van der Waals surface area contributed by atoms with Crippen molar-refractivity contribution in [2.24, 2.45) is 0 Å². The molecule has 25 heavy (non-hydrogen) atoms. The molecular weight excluding hydrogens is 335 g/mol. The molecule has 0 saturated heterocycles. The summed E-state index contributed by atoms with van der Waals surface area (Å²) in [5, 5.41) is 9.53. The number of hydrogen-bond donors (Lipinski definition) is 2. The van der Waals surface area contributed by atoms with E-state index >= 15 is 0 Å². The second kappa shape index (κ2) is 6.86. The first kappa shape index (κ1) is 15.5. The van der Waals surface area contributed by atoms with Crippen molar-refractivity contribution in [1.82, 2.24) is 9.97 Å². The second-order valence-electron chi connectivity index (χ2n) is 5.48. The number of halogens is 1. The number of fused-ring (bicyclic) bond motifs is 1. The van der Waals surface area contributed by atoms with Crippen molar-refractivity contribution in [1.29, 1.82) is 0 Å². The smallest absolute Gasteiger partial charge is 0.229 e. The lowest BCUT2D eigenvalue weighted by Crippen LogP contribution is -2.05. The molecule has 0 fully saturated rings. The molecule has 0 saturated carbocycles. The summed E-state index contributed by atoms with van der Waals surface area (Å²) in [5.41, 5.74) is 1.58. The zero-order chi connectivity index (χ0) is 17.1. The summed E-state index contributed by atoms with van der Waals surface area (Å²) in [7, 11) is 0. The standard InChI is InChI=1S/C19H15FN4S/c20-13-7-9-14(10-8-13)22-19-23-17-6-2-1-5-16(17)18(24-19)21-12-15-4-3-11-25-15/h1-11H,12H2,(H2,21,22,23,24). The Kier molecular flexibility index (Phi) is 4.26. The number of aromatic nitrogens is 2. The lowest BCUT2D eigenvalue weighted by Gasteiger charge is -2.11. The summed E-state index contributed by atoms with van der Waals surface area (Å²) in [6.45, 7) is 0.703. The molecule has 2 N–H and O–H groups in total. The number of rotatable bonds is 5. The average molecular weight is 350 g/mol. The minimum atomic E-state index is -0.275. The van der Waals surface area contributed by atoms with E-state index in [1.165, 1.54) is 17.0 Å². The molecule has 0 amide bonds. The van der Waals surface area contributed by atoms with Gasteiger partial charge < -0.3 is 10.6 Å². The Balaban J connectivity index is 1.66. The highest BCUT2D eigenvalue weighted by molar-refractivity contribution is 7.09. The van der Waals surface area contributed by atoms with Gasteiger partial charge in [0.05, 0.1) is 12.1 Å². The van der Waals surface area contributed by atoms with Gasteiger partial charge in [0.1, 0.15) is 11.6 Å². The van der Waals surface area contributed by atoms with Crippen LogP contribution in [0.25, 0.3) is 10.9 Å². The van der Waals surface area contributed by atoms with E-state index in [1.54, 1.807) is 23.5 Å². The third kappa shape index (κ3) is 3.59. The number of anilines is 3. The summed E-state index contributed by atoms with van der Waals surface area (Å²) in [6.07, 6.45) is 0. The second-order valence-corrected chi connectivity index (χ2v) is 6.51. The van der Waals surface area contributed by atoms with E-state index in [9.17, 15) is 4.39 Å². The average Bonchev–Trinajstić information content (AvgIpc) is 3.15. The van der Waals surface area contributed by atoms with Gasteiger partial charge in [0.2, 0.25) is 5.95 Å². The molecule has 0 aliphatic rings. The molecule has 6 heteroatoms. The van der Waals surface area contributed by atoms with Crippen LogP contribution in [-0.4, -0.2) is 9.97 Å². The van der Waals surface area contributed by atoms with Crippen LogP contribution >= 0.6 is 11.3 Å². The Morgan fingerprint density at radius 2 is 1.76 bits per heavy atom. The summed E-state index contributed by atoms with van der Waals surface area (Å²) in [5.74, 6) is 0.964. The van der Waals surface area contributed by atoms with Crippen molar-refractivity contribution >= 4 is 39.7 Å². The molecule has 0 bridgehead atoms. The van der Waals surface area contributed by atoms with Gasteiger partial charge in [-0.25, -0.2) is 9.37 Å². The molecule has 0 atom stereocenters. The van der Waals surface area contributed by atoms with Crippen LogP contribution in [0.15, 0.2) is 66.0 Å². The maximum atomic E-state index is 13.1. The minimum Gasteiger partial charge on any atom is -0.364 e. The third-order valence-electron chi connectivity index (χ3n) is 3.71. The maximum absolute atomic E-state index is 13.1. The summed E-state index contributed by atoms with van der Waals surface area (Å²) >= 11 is 1.70. The monoisotopic (exact) mass is 350 g/mol. The molecule has 4 rings (SSSR count). The largest absolute Gasteiger partial charge is 0.364 e. The van der Waals surface area contributed by atoms with Crippen molar-refractivity contribution < 1.29 is 4.39 Å². The van der Waals surface area contributed by atoms with E-state index in [2.05, 4.69) is 32.0 Å². The van der Waals surface area contributed by atoms with Gasteiger partial charge in [-0.15, -0.1) is 11.3 Å². The van der Waals surface area contributed by atoms with E-state index in [1.807, 2.05) is 30.3 Å². The van der Waals surface area contributed by atoms with Crippen LogP contribution in [0.5, 0.6) is 0 Å². The molecule has 2 heterocycles. The quantitative estimate of drug-likeness (QED) is 0.520. The molecule has 2 aromatic heterocycles. The Morgan fingerprint density at radius 1 is 0.920 bits per heavy atom. The van der Waals surface area contributed by atoms with Crippen molar-refractivity contribution in [2.45, 2.75) is 6.54 Å². The molecule has 0 spiro atoms. The highest BCUT2D eigenvalue weighted by Crippen LogP contribution is 2.24. The number of nitrogens with one attached hydrogen (secondary N) is 2. The highest BCUT2D eigenvalue weighted by Gasteiger charge is 2.08. The predicted molar refractivity (Wildman–Crippen MR) is 101 cm³/mol. The Morgan fingerprint density at radius 3 is 2.56 bits per heavy atom. The molecule has 0 aliphatic heterocycles. The zero-order valence-corrected chi connectivity index (χ0v) is 14.1. The molecule has 4 aromatic rings. The summed E-state index contributed by atoms with van der Waals surface area (Å²) in [4.78, 5) is 10.4. The Bertz CT molecular complexity index is 984. The van der Waals surface area contributed by atoms with Crippen LogP contribution in [0.3, 0.4) is 0 Å². The topological polar surface area (TPSA) is 49.8 Å². The first-order valence-corrected chi connectivity index (χ1v) is 8.71. The molecule has 0 unspecified atom stereocenters. The van der Waals surface area contributed by atoms with Crippen LogP contribution in [0.4, 0.5) is 21.8 Å². The fourth-order valence-electron chi connectivity index (χ4n) is 2.51. The van der Waals surface area contributed by atoms with Gasteiger partial charge in [-0.1, -0.05) is 18.2 Å². The van der Waals surface area contributed by atoms with Gasteiger partial charge in [0.25, 0.3) is 0 Å². The lowest BCUT2D eigenvalue weighted by atomic mass is 10.2. The molecule has 0 radical (unpaired) electrons. The van der Waals surface area contributed by atoms with Crippen molar-refractivity contribution in [2.75, 3.05) is 10.6 Å². The van der Waals surface area contributed by atoms with Crippen molar-refractivity contribution in [3.8, 4) is 0 Å². The molecule has 0 aliphatic carbocycles. The predicted octanol–water partition coefficient (Wildman–Crippen LogP) is 5.19. The molecule has 4 nitrogen and oxygen atoms in total. The number of para-hydroxylation sites is 1. The van der Waals surface area contributed by atoms with E-state index in [0.29, 0.717) is 12.5 Å². The summed E-state index contributed by atoms with van der Waals surface area (Å²) in [6, 6.07) is 18.1. The van der Waals surface area contributed by atoms with Gasteiger partial charge in [0.15, 0.2) is 0 Å². The Labute approximate surface area is 148 Å². The van der Waals surface area contributed by atoms with Gasteiger partial charge in [-0.05, 0) is 47.8 Å². The molecule has 2 aromatic carbocycles. The first-order chi connectivity index (χ1) is 12.3. The first-order valence-electron chi connectivity index (χ1n) is 7.83. The number of hydrogen-bond acceptors (Lipinski definition) is 5. The lowest BCUT2D eigenvalue weighted by molar-refractivity contribution is 0.628. The van der Waals surface area contributed by atoms with Gasteiger partial charge in [-0.2, -0.15) is 4.98 Å². The SMILES string of the molecule is Fc1ccc(Nc2nc(NCc3cccs3)c3ccccc3n2)cc1. The molecular formula is C19H15FN4S. The number of thiophene rings is 1. The van der Waals surface area contributed by atoms with Crippen LogP contribution in [0.2, 0.25) is 0 Å². The Hall–Kier alpha value is -2.99. The maximum Gasteiger partial charge on any atom is 0.229 e. The van der Waals surface area contributed by atoms with Crippen LogP contribution < -0.4 is 10.6 Å². The normalized spacial score (nSPS) is 10.8. The van der Waals surface area contributed by atoms with E-state index in [-0.39, 0.29) is 5.82 Å². The number of nitrogens with zero attached hydrogens (tertiary/aromatic N) is 2. The highest BCUT2D eigenvalue weighted by atomic mass is 32.1. The fraction of sp³-hybridized carbons (Fsp3) is 0.0526. The van der Waals surface area contributed by atoms with Gasteiger partial charge in [-0.3, -0.25) is 0 Å². The third-order valence-corrected chi connectivity index (χ3v) is 4.59. The van der Waals surface area contributed by atoms with E-state index in [0.717, 1.165) is 22.4 Å². The van der Waals surface area contributed by atoms with Crippen LogP contribution in [-0.2, 0) is 6.54 Å². The number of benzene rings is 2. The van der Waals surface area contributed by atoms with E-state index < -0.39 is 0 Å². The van der Waals surface area contributed by atoms with Crippen LogP contribution in [0, 0.1) is 5.82 Å². The van der Waals surface area contributed by atoms with Gasteiger partial charge >= 0.3 is 0 Å². The van der Waals surface area contributed by atoms with Gasteiger partial charge in [0, 0.05) is 16.0 Å². The van der Waals surface area contributed by atoms with Crippen molar-refractivity contribution in [3.05, 3.63) is 76.7 Å². The minimum absolute atomic E-state index is 0.275.